The van der Waals surface area contributed by atoms with Gasteiger partial charge in [0.15, 0.2) is 11.5 Å². The predicted octanol–water partition coefficient (Wildman–Crippen LogP) is 4.72. The fourth-order valence-corrected chi connectivity index (χ4v) is 3.82. The lowest BCUT2D eigenvalue weighted by Gasteiger charge is -2.13. The first-order valence-corrected chi connectivity index (χ1v) is 10.6. The highest BCUT2D eigenvalue weighted by molar-refractivity contribution is 6.35. The first-order chi connectivity index (χ1) is 16.4. The molecule has 0 radical (unpaired) electrons. The Morgan fingerprint density at radius 3 is 2.62 bits per heavy atom. The number of nitrogens with two attached hydrogens (primary N) is 1. The van der Waals surface area contributed by atoms with Crippen LogP contribution < -0.4 is 11.1 Å². The maximum Gasteiger partial charge on any atom is 0.278 e. The van der Waals surface area contributed by atoms with E-state index in [-0.39, 0.29) is 11.5 Å². The molecule has 8 nitrogen and oxygen atoms in total. The molecule has 2 aromatic carbocycles. The molecule has 3 heterocycles. The Balaban J connectivity index is 1.67. The average molecular weight is 474 g/mol. The summed E-state index contributed by atoms with van der Waals surface area (Å²) >= 11 is 6.50. The summed E-state index contributed by atoms with van der Waals surface area (Å²) in [7, 11) is 1.78. The molecule has 0 atom stereocenters. The van der Waals surface area contributed by atoms with Crippen LogP contribution in [0.1, 0.15) is 10.5 Å². The van der Waals surface area contributed by atoms with Crippen LogP contribution in [0.2, 0.25) is 5.02 Å². The molecule has 0 saturated heterocycles. The molecule has 0 bridgehead atoms. The van der Waals surface area contributed by atoms with Gasteiger partial charge in [-0.15, -0.1) is 0 Å². The number of carbonyl (C=O) groups excluding carboxylic acids is 1. The molecule has 0 unspecified atom stereocenters. The minimum Gasteiger partial charge on any atom is -0.382 e. The summed E-state index contributed by atoms with van der Waals surface area (Å²) in [6.07, 6.45) is 3.43. The van der Waals surface area contributed by atoms with Crippen molar-refractivity contribution in [1.82, 2.24) is 24.7 Å². The van der Waals surface area contributed by atoms with Crippen LogP contribution in [-0.4, -0.2) is 30.6 Å². The number of aromatic nitrogens is 5. The largest absolute Gasteiger partial charge is 0.382 e. The van der Waals surface area contributed by atoms with E-state index < -0.39 is 11.7 Å². The molecule has 0 aliphatic carbocycles. The number of nitrogens with one attached hydrogen (secondary N) is 1. The predicted molar refractivity (Wildman–Crippen MR) is 129 cm³/mol. The average Bonchev–Trinajstić information content (AvgIpc) is 3.26. The third kappa shape index (κ3) is 4.04. The van der Waals surface area contributed by atoms with Gasteiger partial charge >= 0.3 is 0 Å². The fraction of sp³-hybridized carbons (Fsp3) is 0.0417. The van der Waals surface area contributed by atoms with E-state index in [0.29, 0.717) is 38.9 Å². The van der Waals surface area contributed by atoms with Gasteiger partial charge in [-0.05, 0) is 48.5 Å². The number of pyridine rings is 1. The number of rotatable bonds is 4. The van der Waals surface area contributed by atoms with Gasteiger partial charge in [0.25, 0.3) is 5.91 Å². The van der Waals surface area contributed by atoms with Crippen LogP contribution in [0.5, 0.6) is 0 Å². The smallest absolute Gasteiger partial charge is 0.278 e. The van der Waals surface area contributed by atoms with Crippen molar-refractivity contribution < 1.29 is 9.18 Å². The van der Waals surface area contributed by atoms with Gasteiger partial charge in [0, 0.05) is 36.1 Å². The molecule has 3 aromatic heterocycles. The summed E-state index contributed by atoms with van der Waals surface area (Å²) < 4.78 is 14.9. The van der Waals surface area contributed by atoms with Crippen molar-refractivity contribution in [3.05, 3.63) is 83.5 Å². The molecule has 34 heavy (non-hydrogen) atoms. The molecule has 5 aromatic rings. The summed E-state index contributed by atoms with van der Waals surface area (Å²) in [5.41, 5.74) is 9.03. The van der Waals surface area contributed by atoms with Crippen LogP contribution in [0.3, 0.4) is 0 Å². The second kappa shape index (κ2) is 8.53. The third-order valence-electron chi connectivity index (χ3n) is 5.13. The van der Waals surface area contributed by atoms with Gasteiger partial charge in [-0.25, -0.2) is 14.4 Å². The third-order valence-corrected chi connectivity index (χ3v) is 5.42. The first kappa shape index (κ1) is 21.5. The summed E-state index contributed by atoms with van der Waals surface area (Å²) in [6.45, 7) is 0. The summed E-state index contributed by atoms with van der Waals surface area (Å²) in [4.78, 5) is 26.4. The molecule has 0 saturated carbocycles. The molecule has 5 rings (SSSR count). The van der Waals surface area contributed by atoms with E-state index in [1.54, 1.807) is 42.3 Å². The summed E-state index contributed by atoms with van der Waals surface area (Å²) in [5, 5.41) is 8.31. The maximum atomic E-state index is 13.2. The van der Waals surface area contributed by atoms with E-state index in [0.717, 1.165) is 5.39 Å². The number of aryl methyl sites for hydroxylation is 1. The molecular weight excluding hydrogens is 457 g/mol. The van der Waals surface area contributed by atoms with Crippen LogP contribution in [0.15, 0.2) is 67.0 Å². The molecule has 3 N–H and O–H groups in total. The highest BCUT2D eigenvalue weighted by Crippen LogP contribution is 2.34. The lowest BCUT2D eigenvalue weighted by atomic mass is 10.0. The van der Waals surface area contributed by atoms with E-state index in [1.807, 2.05) is 12.1 Å². The molecule has 0 aliphatic rings. The Bertz CT molecular complexity index is 1550. The number of amides is 1. The van der Waals surface area contributed by atoms with Crippen molar-refractivity contribution >= 4 is 39.9 Å². The zero-order valence-electron chi connectivity index (χ0n) is 17.8. The molecule has 0 spiro atoms. The fourth-order valence-electron chi connectivity index (χ4n) is 3.54. The maximum absolute atomic E-state index is 13.2. The monoisotopic (exact) mass is 473 g/mol. The van der Waals surface area contributed by atoms with Gasteiger partial charge in [-0.1, -0.05) is 17.7 Å². The Morgan fingerprint density at radius 2 is 1.88 bits per heavy atom. The highest BCUT2D eigenvalue weighted by atomic mass is 35.5. The molecule has 168 valence electrons. The number of anilines is 2. The minimum atomic E-state index is -0.584. The Hall–Kier alpha value is -4.37. The zero-order valence-corrected chi connectivity index (χ0v) is 18.6. The van der Waals surface area contributed by atoms with Crippen molar-refractivity contribution in [2.45, 2.75) is 0 Å². The SMILES string of the molecule is Cn1ccc(-c2nc(N)c(C(=O)Nc3ccc(F)cc3)nc2-c2cc(Cl)c3ncccc3c2)n1. The molecular formula is C24H17ClFN7O. The van der Waals surface area contributed by atoms with E-state index >= 15 is 0 Å². The number of carbonyl (C=O) groups is 1. The Morgan fingerprint density at radius 1 is 1.09 bits per heavy atom. The molecule has 0 aliphatic heterocycles. The molecule has 10 heteroatoms. The number of hydrogen-bond donors (Lipinski definition) is 2. The van der Waals surface area contributed by atoms with Crippen molar-refractivity contribution in [3.8, 4) is 22.6 Å². The van der Waals surface area contributed by atoms with Crippen molar-refractivity contribution in [2.24, 2.45) is 7.05 Å². The van der Waals surface area contributed by atoms with Gasteiger partial charge in [0.1, 0.15) is 17.2 Å². The lowest BCUT2D eigenvalue weighted by molar-refractivity contribution is 0.102. The van der Waals surface area contributed by atoms with Crippen LogP contribution in [-0.2, 0) is 7.05 Å². The highest BCUT2D eigenvalue weighted by Gasteiger charge is 2.22. The zero-order chi connectivity index (χ0) is 23.8. The van der Waals surface area contributed by atoms with Gasteiger partial charge < -0.3 is 11.1 Å². The molecule has 1 amide bonds. The van der Waals surface area contributed by atoms with Gasteiger partial charge in [0.05, 0.1) is 16.2 Å². The van der Waals surface area contributed by atoms with Crippen molar-refractivity contribution in [3.63, 3.8) is 0 Å². The minimum absolute atomic E-state index is 0.0717. The first-order valence-electron chi connectivity index (χ1n) is 10.2. The van der Waals surface area contributed by atoms with E-state index in [1.165, 1.54) is 24.3 Å². The number of nitrogen functional groups attached to an aromatic ring is 1. The topological polar surface area (TPSA) is 112 Å². The number of fused-ring (bicyclic) bond motifs is 1. The summed E-state index contributed by atoms with van der Waals surface area (Å²) in [5.74, 6) is -1.07. The van der Waals surface area contributed by atoms with Gasteiger partial charge in [-0.2, -0.15) is 5.10 Å². The van der Waals surface area contributed by atoms with Crippen LogP contribution in [0.25, 0.3) is 33.5 Å². The standard InChI is InChI=1S/C24H17ClFN7O/c1-33-10-8-18(32-33)21-20(14-11-13-3-2-9-28-19(13)17(25)12-14)30-22(23(27)31-21)24(34)29-16-6-4-15(26)5-7-16/h2-12H,1H3,(H2,27,31)(H,29,34). The second-order valence-electron chi connectivity index (χ2n) is 7.52. The number of benzene rings is 2. The van der Waals surface area contributed by atoms with E-state index in [9.17, 15) is 9.18 Å². The number of halogens is 2. The Labute approximate surface area is 198 Å². The van der Waals surface area contributed by atoms with E-state index in [2.05, 4.69) is 25.4 Å². The van der Waals surface area contributed by atoms with Crippen LogP contribution in [0, 0.1) is 5.82 Å². The lowest BCUT2D eigenvalue weighted by Crippen LogP contribution is -2.18. The van der Waals surface area contributed by atoms with Gasteiger partial charge in [-0.3, -0.25) is 14.5 Å². The van der Waals surface area contributed by atoms with Crippen molar-refractivity contribution in [1.29, 1.82) is 0 Å². The molecule has 0 fully saturated rings. The van der Waals surface area contributed by atoms with Gasteiger partial charge in [0.2, 0.25) is 0 Å². The number of hydrogen-bond acceptors (Lipinski definition) is 6. The summed E-state index contributed by atoms with van der Waals surface area (Å²) in [6, 6.07) is 14.4. The Kier molecular flexibility index (Phi) is 5.39. The van der Waals surface area contributed by atoms with E-state index in [4.69, 9.17) is 17.3 Å². The number of nitrogens with zero attached hydrogens (tertiary/aromatic N) is 5. The second-order valence-corrected chi connectivity index (χ2v) is 7.93. The van der Waals surface area contributed by atoms with Crippen LogP contribution in [0.4, 0.5) is 15.9 Å². The normalized spacial score (nSPS) is 11.0. The quantitative estimate of drug-likeness (QED) is 0.390. The van der Waals surface area contributed by atoms with Crippen molar-refractivity contribution in [2.75, 3.05) is 11.1 Å². The van der Waals surface area contributed by atoms with Crippen LogP contribution >= 0.6 is 11.6 Å².